The number of nitriles is 1. The molecule has 3 aromatic rings. The van der Waals surface area contributed by atoms with Gasteiger partial charge in [-0.2, -0.15) is 5.26 Å². The Morgan fingerprint density at radius 1 is 1.29 bits per heavy atom. The number of benzene rings is 1. The van der Waals surface area contributed by atoms with Crippen molar-refractivity contribution in [1.29, 1.82) is 5.26 Å². The van der Waals surface area contributed by atoms with Crippen molar-refractivity contribution >= 4 is 22.6 Å². The lowest BCUT2D eigenvalue weighted by Gasteiger charge is -2.23. The molecule has 3 rings (SSSR count). The zero-order chi connectivity index (χ0) is 22.2. The number of nitrogens with zero attached hydrogens (tertiary/aromatic N) is 4. The molecule has 0 atom stereocenters. The fraction of sp³-hybridized carbons (Fsp3) is 0.318. The predicted molar refractivity (Wildman–Crippen MR) is 115 cm³/mol. The maximum Gasteiger partial charge on any atom is 0.258 e. The van der Waals surface area contributed by atoms with Gasteiger partial charge in [0, 0.05) is 38.7 Å². The number of aryl methyl sites for hydroxylation is 1. The molecule has 0 saturated carbocycles. The summed E-state index contributed by atoms with van der Waals surface area (Å²) in [7, 11) is 0. The Labute approximate surface area is 178 Å². The van der Waals surface area contributed by atoms with E-state index in [9.17, 15) is 14.0 Å². The van der Waals surface area contributed by atoms with Gasteiger partial charge >= 0.3 is 0 Å². The highest BCUT2D eigenvalue weighted by molar-refractivity contribution is 5.78. The molecule has 0 aliphatic heterocycles. The normalized spacial score (nSPS) is 10.6. The number of pyridine rings is 1. The molecule has 0 aliphatic carbocycles. The van der Waals surface area contributed by atoms with Crippen molar-refractivity contribution in [3.8, 4) is 6.07 Å². The molecule has 2 N–H and O–H groups in total. The fourth-order valence-corrected chi connectivity index (χ4v) is 3.18. The number of aromatic amines is 1. The fourth-order valence-electron chi connectivity index (χ4n) is 3.18. The molecule has 0 bridgehead atoms. The molecular weight excluding hydrogens is 399 g/mol. The van der Waals surface area contributed by atoms with E-state index in [0.717, 1.165) is 24.8 Å². The molecule has 0 spiro atoms. The maximum absolute atomic E-state index is 13.3. The third-order valence-corrected chi connectivity index (χ3v) is 4.70. The highest BCUT2D eigenvalue weighted by atomic mass is 19.1. The number of hydrogen-bond acceptors (Lipinski definition) is 6. The molecule has 0 saturated heterocycles. The Balaban J connectivity index is 1.52. The molecule has 8 nitrogen and oxygen atoms in total. The van der Waals surface area contributed by atoms with E-state index in [1.807, 2.05) is 11.0 Å². The van der Waals surface area contributed by atoms with E-state index in [-0.39, 0.29) is 24.1 Å². The molecule has 1 aromatic carbocycles. The first-order valence-corrected chi connectivity index (χ1v) is 10.1. The lowest BCUT2D eigenvalue weighted by Crippen LogP contribution is -2.36. The van der Waals surface area contributed by atoms with Gasteiger partial charge in [-0.05, 0) is 36.8 Å². The number of fused-ring (bicyclic) bond motifs is 1. The van der Waals surface area contributed by atoms with Crippen LogP contribution in [-0.4, -0.2) is 40.5 Å². The summed E-state index contributed by atoms with van der Waals surface area (Å²) in [5.41, 5.74) is 0.467. The number of rotatable bonds is 9. The van der Waals surface area contributed by atoms with E-state index in [1.54, 1.807) is 12.1 Å². The van der Waals surface area contributed by atoms with Gasteiger partial charge in [0.25, 0.3) is 5.56 Å². The van der Waals surface area contributed by atoms with Crippen molar-refractivity contribution in [2.45, 2.75) is 26.2 Å². The number of hydrogen-bond donors (Lipinski definition) is 2. The van der Waals surface area contributed by atoms with E-state index < -0.39 is 11.4 Å². The second kappa shape index (κ2) is 10.3. The molecule has 31 heavy (non-hydrogen) atoms. The van der Waals surface area contributed by atoms with Crippen LogP contribution in [-0.2, 0) is 11.2 Å². The third kappa shape index (κ3) is 5.85. The topological polar surface area (TPSA) is 115 Å². The molecule has 160 valence electrons. The van der Waals surface area contributed by atoms with Crippen molar-refractivity contribution in [3.05, 3.63) is 64.1 Å². The first-order valence-electron chi connectivity index (χ1n) is 10.1. The molecule has 2 aromatic heterocycles. The quantitative estimate of drug-likeness (QED) is 0.547. The van der Waals surface area contributed by atoms with Gasteiger partial charge in [-0.1, -0.05) is 6.92 Å². The smallest absolute Gasteiger partial charge is 0.258 e. The minimum atomic E-state index is -0.500. The summed E-state index contributed by atoms with van der Waals surface area (Å²) in [6, 6.07) is 9.39. The zero-order valence-corrected chi connectivity index (χ0v) is 17.2. The number of H-pyrrole nitrogens is 1. The van der Waals surface area contributed by atoms with Crippen LogP contribution in [0.5, 0.6) is 0 Å². The summed E-state index contributed by atoms with van der Waals surface area (Å²) in [5.74, 6) is 0.476. The van der Waals surface area contributed by atoms with Crippen LogP contribution in [0.1, 0.15) is 31.2 Å². The molecule has 9 heteroatoms. The van der Waals surface area contributed by atoms with Crippen LogP contribution < -0.4 is 15.8 Å². The van der Waals surface area contributed by atoms with Gasteiger partial charge in [-0.3, -0.25) is 9.59 Å². The largest absolute Gasteiger partial charge is 0.355 e. The van der Waals surface area contributed by atoms with Gasteiger partial charge in [0.05, 0.1) is 16.5 Å². The van der Waals surface area contributed by atoms with Gasteiger partial charge < -0.3 is 15.2 Å². The van der Waals surface area contributed by atoms with Crippen molar-refractivity contribution in [1.82, 2.24) is 20.3 Å². The van der Waals surface area contributed by atoms with E-state index in [1.165, 1.54) is 18.3 Å². The van der Waals surface area contributed by atoms with Crippen molar-refractivity contribution < 1.29 is 9.18 Å². The number of carbonyl (C=O) groups is 1. The van der Waals surface area contributed by atoms with Crippen molar-refractivity contribution in [2.75, 3.05) is 24.5 Å². The van der Waals surface area contributed by atoms with Gasteiger partial charge in [0.2, 0.25) is 5.91 Å². The predicted octanol–water partition coefficient (Wildman–Crippen LogP) is 2.29. The average molecular weight is 422 g/mol. The van der Waals surface area contributed by atoms with Crippen LogP contribution in [0.2, 0.25) is 0 Å². The third-order valence-electron chi connectivity index (χ3n) is 4.70. The Morgan fingerprint density at radius 3 is 2.84 bits per heavy atom. The Kier molecular flexibility index (Phi) is 7.27. The average Bonchev–Trinajstić information content (AvgIpc) is 2.78. The van der Waals surface area contributed by atoms with Crippen LogP contribution in [0.4, 0.5) is 10.2 Å². The van der Waals surface area contributed by atoms with Gasteiger partial charge in [-0.25, -0.2) is 14.4 Å². The SMILES string of the molecule is CCCN(CCNC(=O)CCc1nc2ccc(F)cc2c(=O)[nH]1)c1ccc(C#N)cn1. The minimum Gasteiger partial charge on any atom is -0.355 e. The van der Waals surface area contributed by atoms with Gasteiger partial charge in [-0.15, -0.1) is 0 Å². The molecule has 2 heterocycles. The van der Waals surface area contributed by atoms with E-state index in [0.29, 0.717) is 30.0 Å². The summed E-state index contributed by atoms with van der Waals surface area (Å²) < 4.78 is 13.3. The molecular formula is C22H23FN6O2. The summed E-state index contributed by atoms with van der Waals surface area (Å²) in [6.45, 7) is 3.84. The molecule has 0 radical (unpaired) electrons. The first kappa shape index (κ1) is 21.9. The van der Waals surface area contributed by atoms with Crippen LogP contribution in [0, 0.1) is 17.1 Å². The Hall–Kier alpha value is -3.80. The molecule has 0 fully saturated rings. The summed E-state index contributed by atoms with van der Waals surface area (Å²) >= 11 is 0. The Bertz CT molecular complexity index is 1150. The zero-order valence-electron chi connectivity index (χ0n) is 17.2. The number of halogens is 1. The van der Waals surface area contributed by atoms with E-state index in [2.05, 4.69) is 27.2 Å². The lowest BCUT2D eigenvalue weighted by molar-refractivity contribution is -0.121. The standard InChI is InChI=1S/C22H23FN6O2/c1-2-10-29(20-7-3-15(13-24)14-26-20)11-9-25-21(30)8-6-19-27-18-5-4-16(23)12-17(18)22(31)28-19/h3-5,7,12,14H,2,6,8-11H2,1H3,(H,25,30)(H,27,28,31). The second-order valence-electron chi connectivity index (χ2n) is 7.03. The van der Waals surface area contributed by atoms with Crippen molar-refractivity contribution in [2.24, 2.45) is 0 Å². The number of carbonyl (C=O) groups excluding carboxylic acids is 1. The second-order valence-corrected chi connectivity index (χ2v) is 7.03. The minimum absolute atomic E-state index is 0.161. The van der Waals surface area contributed by atoms with Gasteiger partial charge in [0.15, 0.2) is 0 Å². The maximum atomic E-state index is 13.3. The monoisotopic (exact) mass is 422 g/mol. The summed E-state index contributed by atoms with van der Waals surface area (Å²) in [5, 5.41) is 11.9. The molecule has 1 amide bonds. The highest BCUT2D eigenvalue weighted by Gasteiger charge is 2.10. The van der Waals surface area contributed by atoms with E-state index >= 15 is 0 Å². The molecule has 0 unspecified atom stereocenters. The van der Waals surface area contributed by atoms with Crippen LogP contribution >= 0.6 is 0 Å². The number of anilines is 1. The number of aromatic nitrogens is 3. The van der Waals surface area contributed by atoms with Crippen LogP contribution in [0.25, 0.3) is 10.9 Å². The Morgan fingerprint density at radius 2 is 2.13 bits per heavy atom. The summed E-state index contributed by atoms with van der Waals surface area (Å²) in [6.07, 6.45) is 2.88. The van der Waals surface area contributed by atoms with Crippen LogP contribution in [0.3, 0.4) is 0 Å². The number of nitrogens with one attached hydrogen (secondary N) is 2. The number of amides is 1. The van der Waals surface area contributed by atoms with Crippen LogP contribution in [0.15, 0.2) is 41.3 Å². The van der Waals surface area contributed by atoms with Crippen molar-refractivity contribution in [3.63, 3.8) is 0 Å². The summed E-state index contributed by atoms with van der Waals surface area (Å²) in [4.78, 5) is 37.6. The highest BCUT2D eigenvalue weighted by Crippen LogP contribution is 2.12. The molecule has 0 aliphatic rings. The lowest BCUT2D eigenvalue weighted by atomic mass is 10.2. The van der Waals surface area contributed by atoms with Gasteiger partial charge in [0.1, 0.15) is 23.5 Å². The first-order chi connectivity index (χ1) is 15.0. The van der Waals surface area contributed by atoms with E-state index in [4.69, 9.17) is 5.26 Å².